The second-order valence-electron chi connectivity index (χ2n) is 11.9. The molecule has 1 atom stereocenters. The summed E-state index contributed by atoms with van der Waals surface area (Å²) in [6.45, 7) is 8.35. The molecule has 41 heavy (non-hydrogen) atoms. The highest BCUT2D eigenvalue weighted by Crippen LogP contribution is 2.41. The summed E-state index contributed by atoms with van der Waals surface area (Å²) in [5, 5.41) is 4.23. The number of carbonyl (C=O) groups is 4. The summed E-state index contributed by atoms with van der Waals surface area (Å²) >= 11 is 0. The fraction of sp³-hybridized carbons (Fsp3) is 0.375. The lowest BCUT2D eigenvalue weighted by molar-refractivity contribution is -0.134. The van der Waals surface area contributed by atoms with E-state index in [9.17, 15) is 19.2 Å². The third-order valence-corrected chi connectivity index (χ3v) is 7.97. The summed E-state index contributed by atoms with van der Waals surface area (Å²) in [4.78, 5) is 55.7. The van der Waals surface area contributed by atoms with Gasteiger partial charge in [-0.2, -0.15) is 0 Å². The highest BCUT2D eigenvalue weighted by Gasteiger charge is 2.40. The van der Waals surface area contributed by atoms with Gasteiger partial charge in [0.25, 0.3) is 5.91 Å². The Kier molecular flexibility index (Phi) is 6.68. The Morgan fingerprint density at radius 1 is 0.951 bits per heavy atom. The van der Waals surface area contributed by atoms with Crippen molar-refractivity contribution in [3.8, 4) is 0 Å². The van der Waals surface area contributed by atoms with Crippen LogP contribution in [0.25, 0.3) is 10.8 Å². The number of hydrogen-bond acceptors (Lipinski definition) is 6. The molecule has 4 amide bonds. The molecular weight excluding hydrogens is 520 g/mol. The Labute approximate surface area is 239 Å². The SMILES string of the molecule is CC(C)(C)OC(=O)N1CCN(c2ccc(Cc3ccc4c5c(cccc35)C(=O)N4C3CCC(=O)NC3=O)cc2)CC1. The van der Waals surface area contributed by atoms with E-state index in [2.05, 4.69) is 34.5 Å². The Balaban J connectivity index is 1.17. The van der Waals surface area contributed by atoms with Gasteiger partial charge < -0.3 is 14.5 Å². The number of hydrogen-bond donors (Lipinski definition) is 1. The number of anilines is 2. The minimum Gasteiger partial charge on any atom is -0.444 e. The van der Waals surface area contributed by atoms with E-state index >= 15 is 0 Å². The van der Waals surface area contributed by atoms with Crippen LogP contribution in [0.3, 0.4) is 0 Å². The number of benzene rings is 3. The van der Waals surface area contributed by atoms with Crippen molar-refractivity contribution >= 4 is 46.0 Å². The average Bonchev–Trinajstić information content (AvgIpc) is 3.22. The van der Waals surface area contributed by atoms with E-state index in [1.54, 1.807) is 15.9 Å². The first-order chi connectivity index (χ1) is 19.6. The maximum absolute atomic E-state index is 13.4. The molecule has 6 rings (SSSR count). The van der Waals surface area contributed by atoms with Crippen molar-refractivity contribution < 1.29 is 23.9 Å². The molecule has 0 spiro atoms. The normalized spacial score (nSPS) is 19.1. The van der Waals surface area contributed by atoms with Crippen molar-refractivity contribution in [2.24, 2.45) is 0 Å². The van der Waals surface area contributed by atoms with Crippen LogP contribution in [0.1, 0.15) is 55.1 Å². The number of nitrogens with zero attached hydrogens (tertiary/aromatic N) is 3. The molecule has 212 valence electrons. The van der Waals surface area contributed by atoms with Gasteiger partial charge >= 0.3 is 6.09 Å². The van der Waals surface area contributed by atoms with Gasteiger partial charge in [0.1, 0.15) is 11.6 Å². The minimum absolute atomic E-state index is 0.201. The lowest BCUT2D eigenvalue weighted by atomic mass is 9.96. The quantitative estimate of drug-likeness (QED) is 0.484. The van der Waals surface area contributed by atoms with Crippen LogP contribution >= 0.6 is 0 Å². The van der Waals surface area contributed by atoms with Crippen molar-refractivity contribution in [3.05, 3.63) is 71.3 Å². The van der Waals surface area contributed by atoms with E-state index in [1.165, 1.54) is 0 Å². The fourth-order valence-corrected chi connectivity index (χ4v) is 5.98. The molecule has 0 saturated carbocycles. The molecule has 1 N–H and O–H groups in total. The summed E-state index contributed by atoms with van der Waals surface area (Å²) in [7, 11) is 0. The van der Waals surface area contributed by atoms with E-state index in [0.29, 0.717) is 31.5 Å². The lowest BCUT2D eigenvalue weighted by Gasteiger charge is -2.36. The van der Waals surface area contributed by atoms with Crippen LogP contribution in [-0.2, 0) is 20.7 Å². The number of ether oxygens (including phenoxy) is 1. The summed E-state index contributed by atoms with van der Waals surface area (Å²) < 4.78 is 5.51. The van der Waals surface area contributed by atoms with E-state index < -0.39 is 17.6 Å². The van der Waals surface area contributed by atoms with E-state index in [4.69, 9.17) is 4.74 Å². The van der Waals surface area contributed by atoms with Gasteiger partial charge in [-0.1, -0.05) is 30.3 Å². The number of piperazine rings is 1. The Morgan fingerprint density at radius 2 is 1.68 bits per heavy atom. The molecule has 2 saturated heterocycles. The molecule has 2 fully saturated rings. The van der Waals surface area contributed by atoms with Gasteiger partial charge in [-0.05, 0) is 74.4 Å². The zero-order valence-corrected chi connectivity index (χ0v) is 23.6. The largest absolute Gasteiger partial charge is 0.444 e. The molecule has 0 aromatic heterocycles. The van der Waals surface area contributed by atoms with Crippen molar-refractivity contribution in [2.45, 2.75) is 51.7 Å². The number of rotatable bonds is 4. The average molecular weight is 555 g/mol. The van der Waals surface area contributed by atoms with Crippen LogP contribution in [0.2, 0.25) is 0 Å². The zero-order valence-electron chi connectivity index (χ0n) is 23.6. The summed E-state index contributed by atoms with van der Waals surface area (Å²) in [5.41, 5.74) is 4.17. The molecule has 3 aliphatic heterocycles. The van der Waals surface area contributed by atoms with Crippen molar-refractivity contribution in [1.29, 1.82) is 0 Å². The smallest absolute Gasteiger partial charge is 0.410 e. The van der Waals surface area contributed by atoms with E-state index in [1.807, 2.05) is 45.0 Å². The Bertz CT molecular complexity index is 1550. The van der Waals surface area contributed by atoms with Crippen molar-refractivity contribution in [2.75, 3.05) is 36.0 Å². The van der Waals surface area contributed by atoms with E-state index in [0.717, 1.165) is 46.4 Å². The number of piperidine rings is 1. The molecule has 0 aliphatic carbocycles. The highest BCUT2D eigenvalue weighted by molar-refractivity contribution is 6.27. The molecule has 9 nitrogen and oxygen atoms in total. The third-order valence-electron chi connectivity index (χ3n) is 7.97. The molecule has 3 heterocycles. The molecule has 0 bridgehead atoms. The summed E-state index contributed by atoms with van der Waals surface area (Å²) in [6, 6.07) is 17.5. The topological polar surface area (TPSA) is 99.3 Å². The number of imide groups is 1. The van der Waals surface area contributed by atoms with E-state index in [-0.39, 0.29) is 24.3 Å². The molecular formula is C32H34N4O5. The molecule has 3 aliphatic rings. The third kappa shape index (κ3) is 5.12. The van der Waals surface area contributed by atoms with Crippen LogP contribution in [0.15, 0.2) is 54.6 Å². The van der Waals surface area contributed by atoms with Gasteiger partial charge in [-0.3, -0.25) is 24.6 Å². The predicted molar refractivity (Wildman–Crippen MR) is 156 cm³/mol. The van der Waals surface area contributed by atoms with Crippen molar-refractivity contribution in [1.82, 2.24) is 10.2 Å². The fourth-order valence-electron chi connectivity index (χ4n) is 5.98. The zero-order chi connectivity index (χ0) is 28.9. The van der Waals surface area contributed by atoms with Gasteiger partial charge in [0, 0.05) is 49.2 Å². The lowest BCUT2D eigenvalue weighted by Crippen LogP contribution is -2.53. The molecule has 9 heteroatoms. The van der Waals surface area contributed by atoms with Gasteiger partial charge in [0.05, 0.1) is 5.69 Å². The van der Waals surface area contributed by atoms with Crippen LogP contribution in [0.4, 0.5) is 16.2 Å². The number of amides is 4. The maximum Gasteiger partial charge on any atom is 0.410 e. The van der Waals surface area contributed by atoms with Crippen molar-refractivity contribution in [3.63, 3.8) is 0 Å². The monoisotopic (exact) mass is 554 g/mol. The van der Waals surface area contributed by atoms with Gasteiger partial charge in [0.15, 0.2) is 0 Å². The predicted octanol–water partition coefficient (Wildman–Crippen LogP) is 4.25. The first kappa shape index (κ1) is 26.8. The van der Waals surface area contributed by atoms with Crippen LogP contribution in [-0.4, -0.2) is 66.5 Å². The number of nitrogens with one attached hydrogen (secondary N) is 1. The summed E-state index contributed by atoms with van der Waals surface area (Å²) in [6.07, 6.45) is 0.961. The molecule has 3 aromatic carbocycles. The van der Waals surface area contributed by atoms with Gasteiger partial charge in [0.2, 0.25) is 11.8 Å². The molecule has 1 unspecified atom stereocenters. The van der Waals surface area contributed by atoms with Crippen LogP contribution in [0.5, 0.6) is 0 Å². The van der Waals surface area contributed by atoms with Crippen LogP contribution < -0.4 is 15.1 Å². The first-order valence-corrected chi connectivity index (χ1v) is 14.1. The maximum atomic E-state index is 13.4. The van der Waals surface area contributed by atoms with Crippen LogP contribution in [0, 0.1) is 0 Å². The molecule has 3 aromatic rings. The van der Waals surface area contributed by atoms with Gasteiger partial charge in [-0.25, -0.2) is 4.79 Å². The first-order valence-electron chi connectivity index (χ1n) is 14.1. The minimum atomic E-state index is -0.694. The van der Waals surface area contributed by atoms with Gasteiger partial charge in [-0.15, -0.1) is 0 Å². The standard InChI is InChI=1S/C32H34N4O5/c1-32(2,3)41-31(40)35-17-15-34(16-18-35)22-10-7-20(8-11-22)19-21-9-12-25-28-23(21)5-4-6-24(28)30(39)36(25)26-13-14-27(37)33-29(26)38/h4-12,26H,13-19H2,1-3H3,(H,33,37,38). The number of carbonyl (C=O) groups excluding carboxylic acids is 4. The Morgan fingerprint density at radius 3 is 2.37 bits per heavy atom. The molecule has 0 radical (unpaired) electrons. The highest BCUT2D eigenvalue weighted by atomic mass is 16.6. The second-order valence-corrected chi connectivity index (χ2v) is 11.9. The summed E-state index contributed by atoms with van der Waals surface area (Å²) in [5.74, 6) is -0.927. The Hall–Kier alpha value is -4.40. The second kappa shape index (κ2) is 10.2.